The number of nitrogens with two attached hydrogens (primary N) is 1. The van der Waals surface area contributed by atoms with Crippen molar-refractivity contribution in [2.24, 2.45) is 5.14 Å². The Hall–Kier alpha value is -2.24. The Bertz CT molecular complexity index is 1060. The summed E-state index contributed by atoms with van der Waals surface area (Å²) in [6.07, 6.45) is 3.61. The van der Waals surface area contributed by atoms with Gasteiger partial charge in [0.05, 0.1) is 16.1 Å². The average molecular weight is 491 g/mol. The summed E-state index contributed by atoms with van der Waals surface area (Å²) in [4.78, 5) is 9.02. The number of hydrogen-bond donors (Lipinski definition) is 3. The highest BCUT2D eigenvalue weighted by atomic mass is 32.2. The number of nitrogens with one attached hydrogen (secondary N) is 1. The van der Waals surface area contributed by atoms with Crippen molar-refractivity contribution in [3.8, 4) is 0 Å². The molecule has 32 heavy (non-hydrogen) atoms. The molecule has 2 aromatic carbocycles. The number of aryl methyl sites for hydroxylation is 1. The van der Waals surface area contributed by atoms with Gasteiger partial charge in [0.25, 0.3) is 0 Å². The van der Waals surface area contributed by atoms with Gasteiger partial charge in [-0.2, -0.15) is 0 Å². The largest absolute Gasteiger partial charge is 0.478 e. The number of thioether (sulfide) groups is 1. The first-order chi connectivity index (χ1) is 15.1. The zero-order valence-corrected chi connectivity index (χ0v) is 19.1. The van der Waals surface area contributed by atoms with E-state index in [4.69, 9.17) is 10.2 Å². The molecule has 0 aliphatic rings. The Morgan fingerprint density at radius 3 is 2.28 bits per heavy atom. The molecule has 0 aliphatic carbocycles. The van der Waals surface area contributed by atoms with Crippen LogP contribution in [0.1, 0.15) is 48.5 Å². The summed E-state index contributed by atoms with van der Waals surface area (Å²) in [7, 11) is -4.72. The Kier molecular flexibility index (Phi) is 9.41. The Balaban J connectivity index is 2.25. The van der Waals surface area contributed by atoms with E-state index in [0.717, 1.165) is 24.8 Å². The number of unbranched alkanes of at least 4 members (excludes halogenated alkanes) is 3. The first-order valence-corrected chi connectivity index (χ1v) is 12.5. The van der Waals surface area contributed by atoms with Gasteiger partial charge >= 0.3 is 5.97 Å². The molecule has 0 radical (unpaired) electrons. The van der Waals surface area contributed by atoms with Gasteiger partial charge in [-0.15, -0.1) is 11.8 Å². The minimum absolute atomic E-state index is 0.105. The number of carbonyl (C=O) groups is 1. The maximum Gasteiger partial charge on any atom is 0.335 e. The van der Waals surface area contributed by atoms with Gasteiger partial charge in [-0.3, -0.25) is 0 Å². The van der Waals surface area contributed by atoms with Crippen molar-refractivity contribution in [3.05, 3.63) is 52.8 Å². The van der Waals surface area contributed by atoms with Gasteiger partial charge in [-0.1, -0.05) is 38.3 Å². The number of hydrogen-bond acceptors (Lipinski definition) is 5. The third-order valence-corrected chi connectivity index (χ3v) is 6.70. The Morgan fingerprint density at radius 2 is 1.72 bits per heavy atom. The van der Waals surface area contributed by atoms with Crippen LogP contribution < -0.4 is 10.5 Å². The van der Waals surface area contributed by atoms with Crippen LogP contribution in [0.2, 0.25) is 0 Å². The topological polar surface area (TPSA) is 109 Å². The maximum atomic E-state index is 15.1. The molecule has 0 fully saturated rings. The number of primary sulfonamides is 1. The van der Waals surface area contributed by atoms with E-state index in [1.807, 2.05) is 6.92 Å². The third-order valence-electron chi connectivity index (χ3n) is 4.69. The molecule has 0 saturated heterocycles. The smallest absolute Gasteiger partial charge is 0.335 e. The monoisotopic (exact) mass is 490 g/mol. The molecule has 6 nitrogen and oxygen atoms in total. The van der Waals surface area contributed by atoms with Crippen LogP contribution in [-0.2, 0) is 16.4 Å². The van der Waals surface area contributed by atoms with Crippen LogP contribution in [0.5, 0.6) is 0 Å². The van der Waals surface area contributed by atoms with Crippen molar-refractivity contribution in [1.82, 2.24) is 0 Å². The highest BCUT2D eigenvalue weighted by Crippen LogP contribution is 2.37. The van der Waals surface area contributed by atoms with Crippen LogP contribution in [0, 0.1) is 17.5 Å². The summed E-state index contributed by atoms with van der Waals surface area (Å²) in [6, 6.07) is 5.96. The van der Waals surface area contributed by atoms with E-state index < -0.39 is 48.9 Å². The second kappa shape index (κ2) is 11.6. The molecule has 0 atom stereocenters. The molecule has 0 saturated carbocycles. The highest BCUT2D eigenvalue weighted by Gasteiger charge is 2.31. The van der Waals surface area contributed by atoms with Gasteiger partial charge in [-0.25, -0.2) is 31.5 Å². The summed E-state index contributed by atoms with van der Waals surface area (Å²) >= 11 is 0.692. The van der Waals surface area contributed by atoms with Crippen molar-refractivity contribution < 1.29 is 31.5 Å². The minimum Gasteiger partial charge on any atom is -0.478 e. The molecule has 176 valence electrons. The lowest BCUT2D eigenvalue weighted by Gasteiger charge is -2.16. The number of carboxylic acids is 1. The molecule has 0 aliphatic heterocycles. The molecular formula is C21H25F3N2O4S2. The fourth-order valence-electron chi connectivity index (χ4n) is 3.02. The van der Waals surface area contributed by atoms with Crippen molar-refractivity contribution in [2.75, 3.05) is 17.6 Å². The Labute approximate surface area is 189 Å². The fourth-order valence-corrected chi connectivity index (χ4v) is 4.79. The first-order valence-electron chi connectivity index (χ1n) is 10.00. The number of anilines is 1. The molecule has 0 aromatic heterocycles. The van der Waals surface area contributed by atoms with Crippen molar-refractivity contribution in [1.29, 1.82) is 0 Å². The van der Waals surface area contributed by atoms with Crippen LogP contribution in [0.3, 0.4) is 0 Å². The van der Waals surface area contributed by atoms with Gasteiger partial charge in [-0.05, 0) is 30.5 Å². The SMILES string of the molecule is CCCCCCNc1c(F)c(SCCc2ccc(C(=O)O)cc2)c(F)c(F)c1S(N)(=O)=O. The van der Waals surface area contributed by atoms with Gasteiger partial charge in [0.1, 0.15) is 4.90 Å². The van der Waals surface area contributed by atoms with E-state index in [-0.39, 0.29) is 17.9 Å². The summed E-state index contributed by atoms with van der Waals surface area (Å²) in [5.74, 6) is -5.48. The van der Waals surface area contributed by atoms with E-state index in [2.05, 4.69) is 5.32 Å². The standard InChI is InChI=1S/C21H25F3N2O4S2/c1-2-3-4-5-11-26-18-17(24)19(15(22)16(23)20(18)32(25,29)30)31-12-10-13-6-8-14(9-7-13)21(27)28/h6-9,26H,2-5,10-12H2,1H3,(H,27,28)(H2,25,29,30). The molecule has 4 N–H and O–H groups in total. The average Bonchev–Trinajstić information content (AvgIpc) is 2.73. The summed E-state index contributed by atoms with van der Waals surface area (Å²) < 4.78 is 67.8. The maximum absolute atomic E-state index is 15.1. The third kappa shape index (κ3) is 6.63. The predicted molar refractivity (Wildman–Crippen MR) is 118 cm³/mol. The molecule has 0 spiro atoms. The molecule has 2 rings (SSSR count). The van der Waals surface area contributed by atoms with Crippen LogP contribution in [-0.4, -0.2) is 31.8 Å². The molecule has 0 heterocycles. The number of carboxylic acid groups (broad SMARTS) is 1. The second-order valence-electron chi connectivity index (χ2n) is 7.11. The van der Waals surface area contributed by atoms with Crippen LogP contribution in [0.15, 0.2) is 34.1 Å². The number of aromatic carboxylic acids is 1. The van der Waals surface area contributed by atoms with Gasteiger partial charge in [0.2, 0.25) is 10.0 Å². The molecule has 2 aromatic rings. The van der Waals surface area contributed by atoms with Crippen molar-refractivity contribution in [3.63, 3.8) is 0 Å². The number of benzene rings is 2. The van der Waals surface area contributed by atoms with E-state index in [0.29, 0.717) is 24.6 Å². The minimum atomic E-state index is -4.72. The van der Waals surface area contributed by atoms with Crippen LogP contribution in [0.25, 0.3) is 0 Å². The van der Waals surface area contributed by atoms with Gasteiger partial charge < -0.3 is 10.4 Å². The van der Waals surface area contributed by atoms with E-state index in [1.54, 1.807) is 12.1 Å². The number of rotatable bonds is 12. The van der Waals surface area contributed by atoms with E-state index in [1.165, 1.54) is 12.1 Å². The summed E-state index contributed by atoms with van der Waals surface area (Å²) in [5, 5.41) is 16.5. The lowest BCUT2D eigenvalue weighted by molar-refractivity contribution is 0.0697. The number of halogens is 3. The summed E-state index contributed by atoms with van der Waals surface area (Å²) in [6.45, 7) is 2.18. The second-order valence-corrected chi connectivity index (χ2v) is 9.71. The summed E-state index contributed by atoms with van der Waals surface area (Å²) in [5.41, 5.74) is 0.157. The van der Waals surface area contributed by atoms with Crippen LogP contribution >= 0.6 is 11.8 Å². The molecule has 0 unspecified atom stereocenters. The predicted octanol–water partition coefficient (Wildman–Crippen LogP) is 4.78. The quantitative estimate of drug-likeness (QED) is 0.225. The van der Waals surface area contributed by atoms with Gasteiger partial charge in [0, 0.05) is 12.3 Å². The Morgan fingerprint density at radius 1 is 1.06 bits per heavy atom. The molecule has 0 amide bonds. The zero-order valence-electron chi connectivity index (χ0n) is 17.5. The number of sulfonamides is 1. The highest BCUT2D eigenvalue weighted by molar-refractivity contribution is 7.99. The fraction of sp³-hybridized carbons (Fsp3) is 0.381. The lowest BCUT2D eigenvalue weighted by Crippen LogP contribution is -2.20. The van der Waals surface area contributed by atoms with Crippen LogP contribution in [0.4, 0.5) is 18.9 Å². The molecule has 0 bridgehead atoms. The van der Waals surface area contributed by atoms with Crippen molar-refractivity contribution in [2.45, 2.75) is 48.8 Å². The van der Waals surface area contributed by atoms with Crippen molar-refractivity contribution >= 4 is 33.4 Å². The molecular weight excluding hydrogens is 465 g/mol. The zero-order chi connectivity index (χ0) is 23.9. The van der Waals surface area contributed by atoms with E-state index >= 15 is 4.39 Å². The lowest BCUT2D eigenvalue weighted by atomic mass is 10.1. The first kappa shape index (κ1) is 26.0. The van der Waals surface area contributed by atoms with E-state index in [9.17, 15) is 22.0 Å². The molecule has 11 heteroatoms. The van der Waals surface area contributed by atoms with Gasteiger partial charge in [0.15, 0.2) is 17.5 Å². The normalized spacial score (nSPS) is 11.5.